The van der Waals surface area contributed by atoms with Crippen LogP contribution in [-0.2, 0) is 16.4 Å². The quantitative estimate of drug-likeness (QED) is 0.801. The second-order valence-corrected chi connectivity index (χ2v) is 6.59. The number of sulfone groups is 1. The van der Waals surface area contributed by atoms with Crippen molar-refractivity contribution in [2.24, 2.45) is 0 Å². The Bertz CT molecular complexity index is 510. The minimum absolute atomic E-state index is 0.112. The number of aromatic amines is 1. The lowest BCUT2D eigenvalue weighted by Gasteiger charge is -2.04. The standard InChI is InChI=1S/C8H13N3O2S2/c1-15(12,13)5-4-11-7(6-2-3-6)9-10-8(11)14/h6H,2-5H2,1H3,(H,10,14). The predicted molar refractivity (Wildman–Crippen MR) is 59.1 cm³/mol. The molecule has 0 amide bonds. The summed E-state index contributed by atoms with van der Waals surface area (Å²) in [4.78, 5) is 0. The molecule has 0 aromatic carbocycles. The summed E-state index contributed by atoms with van der Waals surface area (Å²) in [5.74, 6) is 1.49. The Balaban J connectivity index is 2.19. The van der Waals surface area contributed by atoms with Gasteiger partial charge in [-0.3, -0.25) is 5.10 Å². The minimum atomic E-state index is -2.95. The number of hydrogen-bond acceptors (Lipinski definition) is 4. The Labute approximate surface area is 93.4 Å². The van der Waals surface area contributed by atoms with Gasteiger partial charge in [0.2, 0.25) is 0 Å². The van der Waals surface area contributed by atoms with Crippen LogP contribution in [-0.4, -0.2) is 35.2 Å². The van der Waals surface area contributed by atoms with Crippen molar-refractivity contribution in [1.29, 1.82) is 0 Å². The number of nitrogens with one attached hydrogen (secondary N) is 1. The van der Waals surface area contributed by atoms with Crippen molar-refractivity contribution in [2.45, 2.75) is 25.3 Å². The van der Waals surface area contributed by atoms with Gasteiger partial charge in [-0.25, -0.2) is 8.42 Å². The van der Waals surface area contributed by atoms with Gasteiger partial charge in [-0.2, -0.15) is 5.10 Å². The van der Waals surface area contributed by atoms with E-state index >= 15 is 0 Å². The monoisotopic (exact) mass is 247 g/mol. The normalized spacial score (nSPS) is 16.9. The smallest absolute Gasteiger partial charge is 0.195 e. The van der Waals surface area contributed by atoms with Crippen molar-refractivity contribution < 1.29 is 8.42 Å². The van der Waals surface area contributed by atoms with Gasteiger partial charge in [0, 0.05) is 18.7 Å². The van der Waals surface area contributed by atoms with E-state index in [1.165, 1.54) is 6.26 Å². The molecule has 0 spiro atoms. The fraction of sp³-hybridized carbons (Fsp3) is 0.750. The summed E-state index contributed by atoms with van der Waals surface area (Å²) < 4.78 is 24.4. The molecule has 0 unspecified atom stereocenters. The molecular formula is C8H13N3O2S2. The molecule has 0 bridgehead atoms. The van der Waals surface area contributed by atoms with Crippen LogP contribution in [0.4, 0.5) is 0 Å². The molecule has 1 N–H and O–H groups in total. The van der Waals surface area contributed by atoms with E-state index in [4.69, 9.17) is 12.2 Å². The lowest BCUT2D eigenvalue weighted by atomic mass is 10.4. The Morgan fingerprint density at radius 3 is 2.80 bits per heavy atom. The van der Waals surface area contributed by atoms with Gasteiger partial charge < -0.3 is 4.57 Å². The van der Waals surface area contributed by atoms with E-state index < -0.39 is 9.84 Å². The van der Waals surface area contributed by atoms with Gasteiger partial charge in [0.1, 0.15) is 15.7 Å². The largest absolute Gasteiger partial charge is 0.303 e. The van der Waals surface area contributed by atoms with Gasteiger partial charge in [-0.15, -0.1) is 0 Å². The van der Waals surface area contributed by atoms with E-state index in [0.717, 1.165) is 18.7 Å². The van der Waals surface area contributed by atoms with Gasteiger partial charge in [0.05, 0.1) is 5.75 Å². The third kappa shape index (κ3) is 2.66. The molecule has 1 aliphatic rings. The Morgan fingerprint density at radius 1 is 1.60 bits per heavy atom. The summed E-state index contributed by atoms with van der Waals surface area (Å²) in [7, 11) is -2.95. The zero-order valence-corrected chi connectivity index (χ0v) is 10.1. The summed E-state index contributed by atoms with van der Waals surface area (Å²) in [6, 6.07) is 0. The molecule has 1 aromatic rings. The van der Waals surface area contributed by atoms with Crippen molar-refractivity contribution in [3.8, 4) is 0 Å². The maximum Gasteiger partial charge on any atom is 0.195 e. The fourth-order valence-corrected chi connectivity index (χ4v) is 2.20. The van der Waals surface area contributed by atoms with Crippen LogP contribution >= 0.6 is 12.2 Å². The molecule has 2 rings (SSSR count). The van der Waals surface area contributed by atoms with Gasteiger partial charge in [0.25, 0.3) is 0 Å². The van der Waals surface area contributed by atoms with Gasteiger partial charge in [0.15, 0.2) is 4.77 Å². The number of nitrogens with zero attached hydrogens (tertiary/aromatic N) is 2. The molecule has 1 aliphatic carbocycles. The molecule has 1 saturated carbocycles. The first-order valence-corrected chi connectivity index (χ1v) is 7.27. The zero-order valence-electron chi connectivity index (χ0n) is 8.43. The van der Waals surface area contributed by atoms with Crippen LogP contribution in [0, 0.1) is 4.77 Å². The highest BCUT2D eigenvalue weighted by Gasteiger charge is 2.29. The third-order valence-corrected chi connectivity index (χ3v) is 3.65. The first-order valence-electron chi connectivity index (χ1n) is 4.80. The highest BCUT2D eigenvalue weighted by Crippen LogP contribution is 2.38. The van der Waals surface area contributed by atoms with E-state index in [9.17, 15) is 8.42 Å². The number of rotatable bonds is 4. The van der Waals surface area contributed by atoms with Crippen molar-refractivity contribution >= 4 is 22.1 Å². The van der Waals surface area contributed by atoms with Gasteiger partial charge in [-0.05, 0) is 25.1 Å². The Morgan fingerprint density at radius 2 is 2.27 bits per heavy atom. The summed E-state index contributed by atoms with van der Waals surface area (Å²) in [6.07, 6.45) is 3.48. The summed E-state index contributed by atoms with van der Waals surface area (Å²) in [5, 5.41) is 6.85. The van der Waals surface area contributed by atoms with Crippen LogP contribution in [0.2, 0.25) is 0 Å². The number of hydrogen-bond donors (Lipinski definition) is 1. The molecule has 0 radical (unpaired) electrons. The van der Waals surface area contributed by atoms with Crippen LogP contribution in [0.3, 0.4) is 0 Å². The van der Waals surface area contributed by atoms with Crippen molar-refractivity contribution in [1.82, 2.24) is 14.8 Å². The fourth-order valence-electron chi connectivity index (χ4n) is 1.46. The first kappa shape index (κ1) is 10.8. The van der Waals surface area contributed by atoms with Crippen molar-refractivity contribution in [3.63, 3.8) is 0 Å². The van der Waals surface area contributed by atoms with E-state index in [-0.39, 0.29) is 5.75 Å². The molecule has 7 heteroatoms. The molecule has 5 nitrogen and oxygen atoms in total. The average molecular weight is 247 g/mol. The molecular weight excluding hydrogens is 234 g/mol. The zero-order chi connectivity index (χ0) is 11.1. The Kier molecular flexibility index (Phi) is 2.68. The first-order chi connectivity index (χ1) is 6.97. The molecule has 1 aromatic heterocycles. The van der Waals surface area contributed by atoms with Crippen LogP contribution in [0.5, 0.6) is 0 Å². The topological polar surface area (TPSA) is 67.8 Å². The van der Waals surface area contributed by atoms with E-state index in [1.807, 2.05) is 0 Å². The number of aromatic nitrogens is 3. The lowest BCUT2D eigenvalue weighted by Crippen LogP contribution is -2.13. The number of H-pyrrole nitrogens is 1. The molecule has 1 heterocycles. The molecule has 1 fully saturated rings. The van der Waals surface area contributed by atoms with Crippen molar-refractivity contribution in [2.75, 3.05) is 12.0 Å². The second kappa shape index (κ2) is 3.71. The SMILES string of the molecule is CS(=O)(=O)CCn1c(C2CC2)n[nH]c1=S. The molecule has 0 saturated heterocycles. The van der Waals surface area contributed by atoms with E-state index in [0.29, 0.717) is 17.2 Å². The third-order valence-electron chi connectivity index (χ3n) is 2.42. The van der Waals surface area contributed by atoms with Gasteiger partial charge in [-0.1, -0.05) is 0 Å². The Hall–Kier alpha value is -0.690. The molecule has 84 valence electrons. The maximum absolute atomic E-state index is 11.1. The van der Waals surface area contributed by atoms with Crippen LogP contribution in [0.15, 0.2) is 0 Å². The molecule has 15 heavy (non-hydrogen) atoms. The van der Waals surface area contributed by atoms with E-state index in [2.05, 4.69) is 10.2 Å². The molecule has 0 aliphatic heterocycles. The van der Waals surface area contributed by atoms with Crippen LogP contribution in [0.1, 0.15) is 24.6 Å². The second-order valence-electron chi connectivity index (χ2n) is 3.94. The minimum Gasteiger partial charge on any atom is -0.303 e. The van der Waals surface area contributed by atoms with Crippen LogP contribution < -0.4 is 0 Å². The maximum atomic E-state index is 11.1. The summed E-state index contributed by atoms with van der Waals surface area (Å²) >= 11 is 5.06. The van der Waals surface area contributed by atoms with Gasteiger partial charge >= 0.3 is 0 Å². The highest BCUT2D eigenvalue weighted by atomic mass is 32.2. The molecule has 0 atom stereocenters. The summed E-state index contributed by atoms with van der Waals surface area (Å²) in [5.41, 5.74) is 0. The van der Waals surface area contributed by atoms with Crippen molar-refractivity contribution in [3.05, 3.63) is 10.6 Å². The lowest BCUT2D eigenvalue weighted by molar-refractivity contribution is 0.591. The van der Waals surface area contributed by atoms with E-state index in [1.54, 1.807) is 4.57 Å². The highest BCUT2D eigenvalue weighted by molar-refractivity contribution is 7.90. The van der Waals surface area contributed by atoms with Crippen LogP contribution in [0.25, 0.3) is 0 Å². The summed E-state index contributed by atoms with van der Waals surface area (Å²) in [6.45, 7) is 0.403. The average Bonchev–Trinajstić information content (AvgIpc) is 2.87. The predicted octanol–water partition coefficient (Wildman–Crippen LogP) is 0.863.